The molecule has 0 spiro atoms. The molecule has 4 heteroatoms. The smallest absolute Gasteiger partial charge is 0.0952 e. The number of nitrogens with zero attached hydrogens (tertiary/aromatic N) is 1. The fourth-order valence-corrected chi connectivity index (χ4v) is 2.21. The zero-order valence-corrected chi connectivity index (χ0v) is 10.8. The molecule has 19 heavy (non-hydrogen) atoms. The molecule has 0 atom stereocenters. The first-order valence-electron chi connectivity index (χ1n) is 6.59. The standard InChI is InChI=1S/C15H18N2O2/c1-3-15(17-6-9-18-10-7-17)4-2-14(1)16-11-13-5-8-19-12-13/h1-5,8,12,16H,6-7,9-11H2. The summed E-state index contributed by atoms with van der Waals surface area (Å²) in [6.45, 7) is 4.37. The second-order valence-corrected chi connectivity index (χ2v) is 4.63. The molecule has 0 bridgehead atoms. The van der Waals surface area contributed by atoms with Crippen LogP contribution in [0.3, 0.4) is 0 Å². The Labute approximate surface area is 113 Å². The van der Waals surface area contributed by atoms with E-state index in [1.165, 1.54) is 5.69 Å². The second-order valence-electron chi connectivity index (χ2n) is 4.63. The number of hydrogen-bond acceptors (Lipinski definition) is 4. The Bertz CT molecular complexity index is 487. The molecule has 4 nitrogen and oxygen atoms in total. The van der Waals surface area contributed by atoms with Gasteiger partial charge in [0.15, 0.2) is 0 Å². The molecular weight excluding hydrogens is 240 g/mol. The molecule has 1 N–H and O–H groups in total. The van der Waals surface area contributed by atoms with E-state index in [-0.39, 0.29) is 0 Å². The van der Waals surface area contributed by atoms with Crippen molar-refractivity contribution in [2.45, 2.75) is 6.54 Å². The van der Waals surface area contributed by atoms with E-state index >= 15 is 0 Å². The minimum atomic E-state index is 0.785. The Morgan fingerprint density at radius 2 is 1.84 bits per heavy atom. The molecule has 0 saturated carbocycles. The highest BCUT2D eigenvalue weighted by Gasteiger charge is 2.10. The molecule has 100 valence electrons. The van der Waals surface area contributed by atoms with Crippen LogP contribution < -0.4 is 10.2 Å². The van der Waals surface area contributed by atoms with E-state index in [0.717, 1.165) is 44.1 Å². The third-order valence-electron chi connectivity index (χ3n) is 3.32. The van der Waals surface area contributed by atoms with Crippen LogP contribution in [0.5, 0.6) is 0 Å². The maximum atomic E-state index is 5.36. The van der Waals surface area contributed by atoms with Gasteiger partial charge in [-0.05, 0) is 30.3 Å². The fourth-order valence-electron chi connectivity index (χ4n) is 2.21. The highest BCUT2D eigenvalue weighted by atomic mass is 16.5. The first kappa shape index (κ1) is 12.1. The van der Waals surface area contributed by atoms with E-state index < -0.39 is 0 Å². The summed E-state index contributed by atoms with van der Waals surface area (Å²) in [6.07, 6.45) is 3.45. The predicted molar refractivity (Wildman–Crippen MR) is 75.5 cm³/mol. The van der Waals surface area contributed by atoms with Crippen LogP contribution in [0, 0.1) is 0 Å². The number of rotatable bonds is 4. The van der Waals surface area contributed by atoms with Gasteiger partial charge in [-0.2, -0.15) is 0 Å². The lowest BCUT2D eigenvalue weighted by atomic mass is 10.2. The van der Waals surface area contributed by atoms with Crippen molar-refractivity contribution in [1.82, 2.24) is 0 Å². The molecule has 1 aromatic heterocycles. The van der Waals surface area contributed by atoms with Gasteiger partial charge in [0.2, 0.25) is 0 Å². The van der Waals surface area contributed by atoms with Gasteiger partial charge in [-0.3, -0.25) is 0 Å². The van der Waals surface area contributed by atoms with Crippen molar-refractivity contribution in [2.24, 2.45) is 0 Å². The van der Waals surface area contributed by atoms with Crippen LogP contribution in [0.2, 0.25) is 0 Å². The van der Waals surface area contributed by atoms with E-state index in [4.69, 9.17) is 9.15 Å². The summed E-state index contributed by atoms with van der Waals surface area (Å²) in [6, 6.07) is 10.5. The third kappa shape index (κ3) is 3.09. The van der Waals surface area contributed by atoms with Crippen LogP contribution in [-0.2, 0) is 11.3 Å². The summed E-state index contributed by atoms with van der Waals surface area (Å²) in [5.74, 6) is 0. The van der Waals surface area contributed by atoms with Crippen molar-refractivity contribution < 1.29 is 9.15 Å². The van der Waals surface area contributed by atoms with Crippen LogP contribution in [0.15, 0.2) is 47.3 Å². The van der Waals surface area contributed by atoms with Crippen LogP contribution >= 0.6 is 0 Å². The van der Waals surface area contributed by atoms with Gasteiger partial charge in [0.05, 0.1) is 25.7 Å². The lowest BCUT2D eigenvalue weighted by molar-refractivity contribution is 0.122. The van der Waals surface area contributed by atoms with Gasteiger partial charge in [-0.25, -0.2) is 0 Å². The molecule has 0 unspecified atom stereocenters. The first-order valence-corrected chi connectivity index (χ1v) is 6.59. The molecule has 0 aliphatic carbocycles. The predicted octanol–water partition coefficient (Wildman–Crippen LogP) is 2.73. The van der Waals surface area contributed by atoms with Gasteiger partial charge in [-0.1, -0.05) is 0 Å². The summed E-state index contributed by atoms with van der Waals surface area (Å²) in [5.41, 5.74) is 3.53. The molecule has 1 aromatic carbocycles. The minimum Gasteiger partial charge on any atom is -0.472 e. The van der Waals surface area contributed by atoms with E-state index in [0.29, 0.717) is 0 Å². The molecule has 1 aliphatic rings. The van der Waals surface area contributed by atoms with Crippen LogP contribution in [0.4, 0.5) is 11.4 Å². The molecular formula is C15H18N2O2. The SMILES string of the molecule is c1cc(CNc2ccc(N3CCOCC3)cc2)co1. The van der Waals surface area contributed by atoms with Gasteiger partial charge < -0.3 is 19.4 Å². The Balaban J connectivity index is 1.58. The number of ether oxygens (including phenoxy) is 1. The molecule has 3 rings (SSSR count). The Kier molecular flexibility index (Phi) is 3.70. The van der Waals surface area contributed by atoms with Crippen molar-refractivity contribution >= 4 is 11.4 Å². The summed E-state index contributed by atoms with van der Waals surface area (Å²) in [5, 5.41) is 3.37. The van der Waals surface area contributed by atoms with Gasteiger partial charge >= 0.3 is 0 Å². The van der Waals surface area contributed by atoms with Crippen LogP contribution in [-0.4, -0.2) is 26.3 Å². The van der Waals surface area contributed by atoms with E-state index in [2.05, 4.69) is 34.5 Å². The fraction of sp³-hybridized carbons (Fsp3) is 0.333. The van der Waals surface area contributed by atoms with Gasteiger partial charge in [0.25, 0.3) is 0 Å². The second kappa shape index (κ2) is 5.80. The summed E-state index contributed by atoms with van der Waals surface area (Å²) < 4.78 is 10.4. The lowest BCUT2D eigenvalue weighted by Gasteiger charge is -2.28. The number of anilines is 2. The summed E-state index contributed by atoms with van der Waals surface area (Å²) in [7, 11) is 0. The van der Waals surface area contributed by atoms with Gasteiger partial charge in [0, 0.05) is 36.6 Å². The average molecular weight is 258 g/mol. The number of nitrogens with one attached hydrogen (secondary N) is 1. The van der Waals surface area contributed by atoms with E-state index in [1.54, 1.807) is 12.5 Å². The quantitative estimate of drug-likeness (QED) is 0.915. The maximum absolute atomic E-state index is 5.36. The van der Waals surface area contributed by atoms with Gasteiger partial charge in [-0.15, -0.1) is 0 Å². The van der Waals surface area contributed by atoms with Crippen molar-refractivity contribution in [3.05, 3.63) is 48.4 Å². The molecule has 0 amide bonds. The van der Waals surface area contributed by atoms with E-state index in [9.17, 15) is 0 Å². The van der Waals surface area contributed by atoms with Crippen molar-refractivity contribution in [2.75, 3.05) is 36.5 Å². The van der Waals surface area contributed by atoms with E-state index in [1.807, 2.05) is 6.07 Å². The number of morpholine rings is 1. The molecule has 2 aromatic rings. The van der Waals surface area contributed by atoms with Crippen molar-refractivity contribution in [1.29, 1.82) is 0 Å². The molecule has 1 fully saturated rings. The van der Waals surface area contributed by atoms with Crippen LogP contribution in [0.25, 0.3) is 0 Å². The number of hydrogen-bond donors (Lipinski definition) is 1. The highest BCUT2D eigenvalue weighted by Crippen LogP contribution is 2.19. The largest absolute Gasteiger partial charge is 0.472 e. The Hall–Kier alpha value is -1.94. The zero-order valence-electron chi connectivity index (χ0n) is 10.8. The van der Waals surface area contributed by atoms with Crippen molar-refractivity contribution in [3.8, 4) is 0 Å². The Morgan fingerprint density at radius 1 is 1.05 bits per heavy atom. The average Bonchev–Trinajstić information content (AvgIpc) is 3.00. The first-order chi connectivity index (χ1) is 9.42. The summed E-state index contributed by atoms with van der Waals surface area (Å²) in [4.78, 5) is 2.35. The molecule has 1 saturated heterocycles. The monoisotopic (exact) mass is 258 g/mol. The van der Waals surface area contributed by atoms with Crippen molar-refractivity contribution in [3.63, 3.8) is 0 Å². The number of furan rings is 1. The maximum Gasteiger partial charge on any atom is 0.0952 e. The number of benzene rings is 1. The lowest BCUT2D eigenvalue weighted by Crippen LogP contribution is -2.36. The molecule has 2 heterocycles. The normalized spacial score (nSPS) is 15.5. The molecule has 0 radical (unpaired) electrons. The molecule has 1 aliphatic heterocycles. The minimum absolute atomic E-state index is 0.785. The topological polar surface area (TPSA) is 37.6 Å². The zero-order chi connectivity index (χ0) is 12.9. The highest BCUT2D eigenvalue weighted by molar-refractivity contribution is 5.55. The van der Waals surface area contributed by atoms with Crippen LogP contribution in [0.1, 0.15) is 5.56 Å². The Morgan fingerprint density at radius 3 is 2.53 bits per heavy atom. The summed E-state index contributed by atoms with van der Waals surface area (Å²) >= 11 is 0. The van der Waals surface area contributed by atoms with Gasteiger partial charge in [0.1, 0.15) is 0 Å². The third-order valence-corrected chi connectivity index (χ3v) is 3.32.